The Kier molecular flexibility index (Phi) is 4.90. The summed E-state index contributed by atoms with van der Waals surface area (Å²) in [6.45, 7) is 1.85. The molecule has 0 fully saturated rings. The third kappa shape index (κ3) is 3.53. The molecule has 19 heavy (non-hydrogen) atoms. The van der Waals surface area contributed by atoms with Gasteiger partial charge in [0.15, 0.2) is 12.2 Å². The molecule has 0 aliphatic rings. The first-order chi connectivity index (χ1) is 9.22. The van der Waals surface area contributed by atoms with Gasteiger partial charge in [-0.1, -0.05) is 11.6 Å². The number of aromatic nitrogens is 1. The maximum atomic E-state index is 13.4. The SMILES string of the molecule is COCCNCc1ncoc1-c1ccc(Cl)c(F)c1. The lowest BCUT2D eigenvalue weighted by molar-refractivity contribution is 0.199. The highest BCUT2D eigenvalue weighted by molar-refractivity contribution is 6.30. The second-order valence-corrected chi connectivity index (χ2v) is 4.33. The van der Waals surface area contributed by atoms with E-state index in [1.165, 1.54) is 18.5 Å². The van der Waals surface area contributed by atoms with Crippen LogP contribution in [0.5, 0.6) is 0 Å². The number of hydrogen-bond donors (Lipinski definition) is 1. The van der Waals surface area contributed by atoms with Gasteiger partial charge in [0.2, 0.25) is 0 Å². The van der Waals surface area contributed by atoms with E-state index in [4.69, 9.17) is 20.8 Å². The lowest BCUT2D eigenvalue weighted by Crippen LogP contribution is -2.19. The van der Waals surface area contributed by atoms with Crippen molar-refractivity contribution in [3.05, 3.63) is 41.1 Å². The molecule has 0 saturated carbocycles. The predicted octanol–water partition coefficient (Wildman–Crippen LogP) is 2.87. The van der Waals surface area contributed by atoms with Crippen molar-refractivity contribution in [2.24, 2.45) is 0 Å². The van der Waals surface area contributed by atoms with Crippen LogP contribution < -0.4 is 5.32 Å². The molecule has 4 nitrogen and oxygen atoms in total. The molecule has 2 aromatic rings. The summed E-state index contributed by atoms with van der Waals surface area (Å²) < 4.78 is 23.7. The molecule has 102 valence electrons. The van der Waals surface area contributed by atoms with Gasteiger partial charge < -0.3 is 14.5 Å². The van der Waals surface area contributed by atoms with Gasteiger partial charge in [-0.25, -0.2) is 9.37 Å². The molecular formula is C13H14ClFN2O2. The van der Waals surface area contributed by atoms with Gasteiger partial charge in [0, 0.05) is 25.8 Å². The number of hydrogen-bond acceptors (Lipinski definition) is 4. The van der Waals surface area contributed by atoms with E-state index in [1.807, 2.05) is 0 Å². The standard InChI is InChI=1S/C13H14ClFN2O2/c1-18-5-4-16-7-12-13(19-8-17-12)9-2-3-10(14)11(15)6-9/h2-3,6,8,16H,4-5,7H2,1H3. The number of oxazole rings is 1. The zero-order chi connectivity index (χ0) is 13.7. The second kappa shape index (κ2) is 6.65. The van der Waals surface area contributed by atoms with Crippen LogP contribution in [0.4, 0.5) is 4.39 Å². The number of benzene rings is 1. The van der Waals surface area contributed by atoms with Gasteiger partial charge in [-0.2, -0.15) is 0 Å². The average Bonchev–Trinajstić information content (AvgIpc) is 2.86. The quantitative estimate of drug-likeness (QED) is 0.829. The van der Waals surface area contributed by atoms with Gasteiger partial charge in [0.05, 0.1) is 11.6 Å². The van der Waals surface area contributed by atoms with Crippen LogP contribution in [-0.2, 0) is 11.3 Å². The molecule has 0 aliphatic heterocycles. The molecule has 6 heteroatoms. The molecule has 1 N–H and O–H groups in total. The van der Waals surface area contributed by atoms with Crippen molar-refractivity contribution < 1.29 is 13.5 Å². The fourth-order valence-corrected chi connectivity index (χ4v) is 1.77. The van der Waals surface area contributed by atoms with Crippen molar-refractivity contribution in [3.63, 3.8) is 0 Å². The van der Waals surface area contributed by atoms with Crippen LogP contribution in [0.1, 0.15) is 5.69 Å². The molecule has 0 atom stereocenters. The van der Waals surface area contributed by atoms with Crippen LogP contribution in [0, 0.1) is 5.82 Å². The Balaban J connectivity index is 2.12. The van der Waals surface area contributed by atoms with Crippen LogP contribution in [-0.4, -0.2) is 25.2 Å². The summed E-state index contributed by atoms with van der Waals surface area (Å²) in [4.78, 5) is 4.12. The van der Waals surface area contributed by atoms with Gasteiger partial charge in [0.1, 0.15) is 11.5 Å². The molecular weight excluding hydrogens is 271 g/mol. The third-order valence-electron chi connectivity index (χ3n) is 2.60. The Morgan fingerprint density at radius 1 is 1.47 bits per heavy atom. The number of halogens is 2. The Labute approximate surface area is 115 Å². The fraction of sp³-hybridized carbons (Fsp3) is 0.308. The van der Waals surface area contributed by atoms with Gasteiger partial charge in [-0.15, -0.1) is 0 Å². The number of nitrogens with zero attached hydrogens (tertiary/aromatic N) is 1. The van der Waals surface area contributed by atoms with Crippen LogP contribution >= 0.6 is 11.6 Å². The lowest BCUT2D eigenvalue weighted by atomic mass is 10.1. The van der Waals surface area contributed by atoms with Crippen LogP contribution in [0.15, 0.2) is 29.0 Å². The van der Waals surface area contributed by atoms with Crippen molar-refractivity contribution >= 4 is 11.6 Å². The van der Waals surface area contributed by atoms with Gasteiger partial charge in [-0.05, 0) is 18.2 Å². The minimum absolute atomic E-state index is 0.0861. The third-order valence-corrected chi connectivity index (χ3v) is 2.90. The maximum absolute atomic E-state index is 13.4. The van der Waals surface area contributed by atoms with Crippen molar-refractivity contribution in [1.29, 1.82) is 0 Å². The van der Waals surface area contributed by atoms with Crippen molar-refractivity contribution in [3.8, 4) is 11.3 Å². The van der Waals surface area contributed by atoms with Gasteiger partial charge in [-0.3, -0.25) is 0 Å². The number of nitrogens with one attached hydrogen (secondary N) is 1. The first-order valence-electron chi connectivity index (χ1n) is 5.80. The van der Waals surface area contributed by atoms with E-state index < -0.39 is 5.82 Å². The smallest absolute Gasteiger partial charge is 0.181 e. The fourth-order valence-electron chi connectivity index (χ4n) is 1.65. The molecule has 1 heterocycles. The summed E-state index contributed by atoms with van der Waals surface area (Å²) in [5.74, 6) is 0.0642. The van der Waals surface area contributed by atoms with Crippen molar-refractivity contribution in [1.82, 2.24) is 10.3 Å². The van der Waals surface area contributed by atoms with Crippen molar-refractivity contribution in [2.45, 2.75) is 6.54 Å². The largest absolute Gasteiger partial charge is 0.443 e. The summed E-state index contributed by atoms with van der Waals surface area (Å²) in [5, 5.41) is 3.24. The molecule has 1 aromatic heterocycles. The Morgan fingerprint density at radius 3 is 3.05 bits per heavy atom. The second-order valence-electron chi connectivity index (χ2n) is 3.93. The molecule has 0 amide bonds. The molecule has 0 bridgehead atoms. The molecule has 0 aliphatic carbocycles. The highest BCUT2D eigenvalue weighted by Crippen LogP contribution is 2.26. The summed E-state index contributed by atoms with van der Waals surface area (Å²) in [5.41, 5.74) is 1.33. The zero-order valence-corrected chi connectivity index (χ0v) is 11.2. The number of ether oxygens (including phenoxy) is 1. The van der Waals surface area contributed by atoms with E-state index in [1.54, 1.807) is 13.2 Å². The molecule has 0 radical (unpaired) electrons. The average molecular weight is 285 g/mol. The van der Waals surface area contributed by atoms with Crippen LogP contribution in [0.25, 0.3) is 11.3 Å². The summed E-state index contributed by atoms with van der Waals surface area (Å²) in [6, 6.07) is 4.53. The van der Waals surface area contributed by atoms with Crippen LogP contribution in [0.2, 0.25) is 5.02 Å². The Morgan fingerprint density at radius 2 is 2.32 bits per heavy atom. The summed E-state index contributed by atoms with van der Waals surface area (Å²) in [7, 11) is 1.64. The first-order valence-corrected chi connectivity index (χ1v) is 6.17. The Bertz CT molecular complexity index is 545. The predicted molar refractivity (Wildman–Crippen MR) is 70.5 cm³/mol. The lowest BCUT2D eigenvalue weighted by Gasteiger charge is -2.04. The summed E-state index contributed by atoms with van der Waals surface area (Å²) >= 11 is 5.65. The zero-order valence-electron chi connectivity index (χ0n) is 10.5. The maximum Gasteiger partial charge on any atom is 0.181 e. The van der Waals surface area contributed by atoms with Crippen molar-refractivity contribution in [2.75, 3.05) is 20.3 Å². The molecule has 0 saturated heterocycles. The van der Waals surface area contributed by atoms with E-state index in [-0.39, 0.29) is 5.02 Å². The highest BCUT2D eigenvalue weighted by Gasteiger charge is 2.12. The van der Waals surface area contributed by atoms with Crippen LogP contribution in [0.3, 0.4) is 0 Å². The van der Waals surface area contributed by atoms with E-state index in [2.05, 4.69) is 10.3 Å². The molecule has 2 rings (SSSR count). The van der Waals surface area contributed by atoms with E-state index >= 15 is 0 Å². The molecule has 0 unspecified atom stereocenters. The topological polar surface area (TPSA) is 47.3 Å². The minimum Gasteiger partial charge on any atom is -0.443 e. The normalized spacial score (nSPS) is 10.9. The minimum atomic E-state index is -0.478. The van der Waals surface area contributed by atoms with E-state index in [0.29, 0.717) is 31.0 Å². The van der Waals surface area contributed by atoms with Gasteiger partial charge in [0.25, 0.3) is 0 Å². The monoisotopic (exact) mass is 284 g/mol. The summed E-state index contributed by atoms with van der Waals surface area (Å²) in [6.07, 6.45) is 1.34. The van der Waals surface area contributed by atoms with E-state index in [9.17, 15) is 4.39 Å². The molecule has 0 spiro atoms. The number of rotatable bonds is 6. The van der Waals surface area contributed by atoms with Gasteiger partial charge >= 0.3 is 0 Å². The first kappa shape index (κ1) is 14.0. The molecule has 1 aromatic carbocycles. The van der Waals surface area contributed by atoms with E-state index in [0.717, 1.165) is 5.69 Å². The number of methoxy groups -OCH3 is 1. The highest BCUT2D eigenvalue weighted by atomic mass is 35.5. The Hall–Kier alpha value is -1.43.